The summed E-state index contributed by atoms with van der Waals surface area (Å²) in [5.74, 6) is 2.02. The standard InChI is InChI=1S/C18H22N2O2S/c1-23-9-3-6-20-7-8-22-18-16(13-20)10-15(11-17(18)21)14-4-2-5-19-12-14/h2,4-5,10-12,21H,3,6-9,13H2,1H3. The Morgan fingerprint density at radius 3 is 3.04 bits per heavy atom. The normalized spacial score (nSPS) is 14.8. The lowest BCUT2D eigenvalue weighted by atomic mass is 10.0. The molecule has 1 aliphatic heterocycles. The zero-order chi connectivity index (χ0) is 16.1. The smallest absolute Gasteiger partial charge is 0.165 e. The molecule has 2 aromatic rings. The second-order valence-corrected chi connectivity index (χ2v) is 6.68. The number of phenols is 1. The largest absolute Gasteiger partial charge is 0.504 e. The number of ether oxygens (including phenoxy) is 1. The van der Waals surface area contributed by atoms with E-state index in [0.717, 1.165) is 36.3 Å². The van der Waals surface area contributed by atoms with Crippen LogP contribution in [0.5, 0.6) is 11.5 Å². The van der Waals surface area contributed by atoms with Gasteiger partial charge in [0, 0.05) is 36.6 Å². The number of pyridine rings is 1. The lowest BCUT2D eigenvalue weighted by Gasteiger charge is -2.19. The molecule has 0 aliphatic carbocycles. The Balaban J connectivity index is 1.85. The van der Waals surface area contributed by atoms with Gasteiger partial charge >= 0.3 is 0 Å². The Bertz CT molecular complexity index is 649. The number of hydrogen-bond acceptors (Lipinski definition) is 5. The summed E-state index contributed by atoms with van der Waals surface area (Å²) in [5, 5.41) is 10.4. The SMILES string of the molecule is CSCCCN1CCOc2c(O)cc(-c3cccnc3)cc2C1. The molecule has 0 saturated carbocycles. The quantitative estimate of drug-likeness (QED) is 0.851. The minimum Gasteiger partial charge on any atom is -0.504 e. The topological polar surface area (TPSA) is 45.6 Å². The van der Waals surface area contributed by atoms with Gasteiger partial charge in [0.1, 0.15) is 6.61 Å². The molecule has 0 saturated heterocycles. The Kier molecular flexibility index (Phi) is 5.41. The van der Waals surface area contributed by atoms with Crippen molar-refractivity contribution in [3.8, 4) is 22.6 Å². The molecule has 0 bridgehead atoms. The lowest BCUT2D eigenvalue weighted by molar-refractivity contribution is 0.224. The third-order valence-corrected chi connectivity index (χ3v) is 4.71. The Morgan fingerprint density at radius 2 is 2.26 bits per heavy atom. The highest BCUT2D eigenvalue weighted by Crippen LogP contribution is 2.37. The molecule has 1 aromatic carbocycles. The maximum atomic E-state index is 10.4. The molecule has 0 atom stereocenters. The summed E-state index contributed by atoms with van der Waals surface area (Å²) in [5.41, 5.74) is 3.03. The number of nitrogens with zero attached hydrogens (tertiary/aromatic N) is 2. The average Bonchev–Trinajstić information content (AvgIpc) is 2.78. The van der Waals surface area contributed by atoms with Crippen molar-refractivity contribution in [2.75, 3.05) is 31.7 Å². The van der Waals surface area contributed by atoms with E-state index in [4.69, 9.17) is 4.74 Å². The van der Waals surface area contributed by atoms with Gasteiger partial charge in [0.2, 0.25) is 0 Å². The molecule has 0 amide bonds. The Labute approximate surface area is 141 Å². The highest BCUT2D eigenvalue weighted by atomic mass is 32.2. The van der Waals surface area contributed by atoms with Crippen molar-refractivity contribution >= 4 is 11.8 Å². The molecular weight excluding hydrogens is 308 g/mol. The number of rotatable bonds is 5. The highest BCUT2D eigenvalue weighted by molar-refractivity contribution is 7.98. The van der Waals surface area contributed by atoms with Crippen molar-refractivity contribution in [2.24, 2.45) is 0 Å². The average molecular weight is 330 g/mol. The highest BCUT2D eigenvalue weighted by Gasteiger charge is 2.19. The van der Waals surface area contributed by atoms with Crippen molar-refractivity contribution in [1.82, 2.24) is 9.88 Å². The molecule has 0 radical (unpaired) electrons. The molecule has 0 fully saturated rings. The van der Waals surface area contributed by atoms with Crippen molar-refractivity contribution in [2.45, 2.75) is 13.0 Å². The van der Waals surface area contributed by atoms with Crippen molar-refractivity contribution in [3.63, 3.8) is 0 Å². The van der Waals surface area contributed by atoms with Gasteiger partial charge in [0.05, 0.1) is 0 Å². The van der Waals surface area contributed by atoms with Crippen molar-refractivity contribution < 1.29 is 9.84 Å². The molecule has 0 unspecified atom stereocenters. The van der Waals surface area contributed by atoms with E-state index in [0.29, 0.717) is 12.4 Å². The van der Waals surface area contributed by atoms with Crippen LogP contribution < -0.4 is 4.74 Å². The third-order valence-electron chi connectivity index (χ3n) is 4.01. The predicted octanol–water partition coefficient (Wildman–Crippen LogP) is 3.40. The maximum absolute atomic E-state index is 10.4. The van der Waals surface area contributed by atoms with Gasteiger partial charge in [-0.05, 0) is 48.7 Å². The number of fused-ring (bicyclic) bond motifs is 1. The van der Waals surface area contributed by atoms with E-state index in [-0.39, 0.29) is 5.75 Å². The van der Waals surface area contributed by atoms with Crippen molar-refractivity contribution in [1.29, 1.82) is 0 Å². The van der Waals surface area contributed by atoms with E-state index in [1.165, 1.54) is 12.2 Å². The summed E-state index contributed by atoms with van der Waals surface area (Å²) in [4.78, 5) is 6.56. The second kappa shape index (κ2) is 7.70. The Morgan fingerprint density at radius 1 is 1.35 bits per heavy atom. The molecule has 2 heterocycles. The van der Waals surface area contributed by atoms with E-state index in [1.54, 1.807) is 12.3 Å². The minimum absolute atomic E-state index is 0.215. The van der Waals surface area contributed by atoms with Gasteiger partial charge in [-0.15, -0.1) is 0 Å². The number of benzene rings is 1. The van der Waals surface area contributed by atoms with Gasteiger partial charge in [0.25, 0.3) is 0 Å². The summed E-state index contributed by atoms with van der Waals surface area (Å²) in [6.45, 7) is 3.38. The molecular formula is C18H22N2O2S. The summed E-state index contributed by atoms with van der Waals surface area (Å²) in [6, 6.07) is 7.78. The van der Waals surface area contributed by atoms with Gasteiger partial charge in [-0.1, -0.05) is 6.07 Å². The van der Waals surface area contributed by atoms with Gasteiger partial charge < -0.3 is 9.84 Å². The van der Waals surface area contributed by atoms with E-state index in [2.05, 4.69) is 22.2 Å². The molecule has 4 nitrogen and oxygen atoms in total. The van der Waals surface area contributed by atoms with E-state index >= 15 is 0 Å². The first-order chi connectivity index (χ1) is 11.3. The van der Waals surface area contributed by atoms with Crippen LogP contribution in [-0.4, -0.2) is 46.7 Å². The van der Waals surface area contributed by atoms with Crippen LogP contribution in [0.25, 0.3) is 11.1 Å². The molecule has 1 aromatic heterocycles. The first kappa shape index (κ1) is 16.1. The maximum Gasteiger partial charge on any atom is 0.165 e. The molecule has 0 spiro atoms. The van der Waals surface area contributed by atoms with Crippen LogP contribution in [0.1, 0.15) is 12.0 Å². The van der Waals surface area contributed by atoms with Gasteiger partial charge in [-0.3, -0.25) is 9.88 Å². The molecule has 1 N–H and O–H groups in total. The number of aromatic hydroxyl groups is 1. The van der Waals surface area contributed by atoms with Crippen molar-refractivity contribution in [3.05, 3.63) is 42.2 Å². The first-order valence-electron chi connectivity index (χ1n) is 7.88. The van der Waals surface area contributed by atoms with Crippen LogP contribution in [-0.2, 0) is 6.54 Å². The minimum atomic E-state index is 0.215. The van der Waals surface area contributed by atoms with Crippen LogP contribution in [0.15, 0.2) is 36.7 Å². The van der Waals surface area contributed by atoms with E-state index in [9.17, 15) is 5.11 Å². The van der Waals surface area contributed by atoms with Gasteiger partial charge in [-0.25, -0.2) is 0 Å². The zero-order valence-corrected chi connectivity index (χ0v) is 14.2. The predicted molar refractivity (Wildman–Crippen MR) is 95.1 cm³/mol. The second-order valence-electron chi connectivity index (χ2n) is 5.70. The number of phenolic OH excluding ortho intramolecular Hbond substituents is 1. The van der Waals surface area contributed by atoms with Gasteiger partial charge in [0.15, 0.2) is 11.5 Å². The van der Waals surface area contributed by atoms with Crippen LogP contribution in [0.3, 0.4) is 0 Å². The fourth-order valence-electron chi connectivity index (χ4n) is 2.88. The zero-order valence-electron chi connectivity index (χ0n) is 13.4. The number of thioether (sulfide) groups is 1. The van der Waals surface area contributed by atoms with Gasteiger partial charge in [-0.2, -0.15) is 11.8 Å². The Hall–Kier alpha value is -1.72. The van der Waals surface area contributed by atoms with E-state index < -0.39 is 0 Å². The summed E-state index contributed by atoms with van der Waals surface area (Å²) >= 11 is 1.88. The lowest BCUT2D eigenvalue weighted by Crippen LogP contribution is -2.27. The fraction of sp³-hybridized carbons (Fsp3) is 0.389. The summed E-state index contributed by atoms with van der Waals surface area (Å²) in [6.07, 6.45) is 6.88. The van der Waals surface area contributed by atoms with Crippen LogP contribution >= 0.6 is 11.8 Å². The molecule has 3 rings (SSSR count). The molecule has 1 aliphatic rings. The third kappa shape index (κ3) is 3.98. The molecule has 23 heavy (non-hydrogen) atoms. The molecule has 5 heteroatoms. The monoisotopic (exact) mass is 330 g/mol. The molecule has 122 valence electrons. The van der Waals surface area contributed by atoms with Crippen LogP contribution in [0, 0.1) is 0 Å². The number of hydrogen-bond donors (Lipinski definition) is 1. The van der Waals surface area contributed by atoms with Crippen LogP contribution in [0.4, 0.5) is 0 Å². The number of aromatic nitrogens is 1. The fourth-order valence-corrected chi connectivity index (χ4v) is 3.29. The van der Waals surface area contributed by atoms with Crippen LogP contribution in [0.2, 0.25) is 0 Å². The summed E-state index contributed by atoms with van der Waals surface area (Å²) < 4.78 is 5.79. The van der Waals surface area contributed by atoms with E-state index in [1.807, 2.05) is 30.1 Å². The summed E-state index contributed by atoms with van der Waals surface area (Å²) in [7, 11) is 0. The first-order valence-corrected chi connectivity index (χ1v) is 9.27.